The molecular formula is C26H26NO6S-. The van der Waals surface area contributed by atoms with Gasteiger partial charge < -0.3 is 24.4 Å². The fourth-order valence-corrected chi connectivity index (χ4v) is 5.20. The lowest BCUT2D eigenvalue weighted by Crippen LogP contribution is -2.50. The fourth-order valence-electron chi connectivity index (χ4n) is 4.20. The van der Waals surface area contributed by atoms with Crippen molar-refractivity contribution in [2.75, 3.05) is 12.4 Å². The normalized spacial score (nSPS) is 13.8. The molecule has 0 radical (unpaired) electrons. The molecule has 1 aliphatic rings. The first-order chi connectivity index (χ1) is 16.4. The first kappa shape index (κ1) is 23.9. The lowest BCUT2D eigenvalue weighted by Gasteiger charge is -2.21. The zero-order valence-corrected chi connectivity index (χ0v) is 19.7. The third-order valence-corrected chi connectivity index (χ3v) is 6.91. The number of thioether (sulfide) groups is 1. The Morgan fingerprint density at radius 2 is 1.88 bits per heavy atom. The number of ether oxygens (including phenoxy) is 1. The van der Waals surface area contributed by atoms with Crippen LogP contribution in [-0.2, 0) is 28.2 Å². The highest BCUT2D eigenvalue weighted by molar-refractivity contribution is 7.98. The third-order valence-electron chi connectivity index (χ3n) is 5.80. The summed E-state index contributed by atoms with van der Waals surface area (Å²) in [6.45, 7) is 1.49. The molecule has 1 atom stereocenters. The average molecular weight is 481 g/mol. The number of rotatable bonds is 9. The number of benzene rings is 2. The molecule has 1 heterocycles. The van der Waals surface area contributed by atoms with Gasteiger partial charge in [-0.2, -0.15) is 11.8 Å². The Kier molecular flexibility index (Phi) is 7.57. The van der Waals surface area contributed by atoms with Gasteiger partial charge in [0.15, 0.2) is 6.61 Å². The minimum absolute atomic E-state index is 0.176. The van der Waals surface area contributed by atoms with Gasteiger partial charge in [0.25, 0.3) is 5.91 Å². The molecule has 7 nitrogen and oxygen atoms in total. The van der Waals surface area contributed by atoms with Crippen molar-refractivity contribution in [3.8, 4) is 5.75 Å². The fraction of sp³-hybridized carbons (Fsp3) is 0.346. The molecule has 0 fully saturated rings. The van der Waals surface area contributed by atoms with Crippen molar-refractivity contribution in [2.45, 2.75) is 44.4 Å². The van der Waals surface area contributed by atoms with Crippen LogP contribution in [0.2, 0.25) is 0 Å². The average Bonchev–Trinajstić information content (AvgIpc) is 2.82. The number of fused-ring (bicyclic) bond motifs is 3. The molecule has 0 saturated carbocycles. The van der Waals surface area contributed by atoms with Crippen molar-refractivity contribution in [1.29, 1.82) is 0 Å². The van der Waals surface area contributed by atoms with Crippen molar-refractivity contribution < 1.29 is 23.8 Å². The van der Waals surface area contributed by atoms with E-state index in [1.165, 1.54) is 11.8 Å². The SMILES string of the molecule is Cc1cc(OCC(=O)N[C@@H](CSCc2ccccc2)C(=O)[O-])c2c3c(c(=O)oc2c1)CCCC3. The van der Waals surface area contributed by atoms with E-state index in [2.05, 4.69) is 5.32 Å². The summed E-state index contributed by atoms with van der Waals surface area (Å²) in [4.78, 5) is 36.5. The van der Waals surface area contributed by atoms with E-state index in [4.69, 9.17) is 9.15 Å². The molecule has 8 heteroatoms. The van der Waals surface area contributed by atoms with Gasteiger partial charge >= 0.3 is 5.63 Å². The van der Waals surface area contributed by atoms with Crippen LogP contribution in [0.25, 0.3) is 11.0 Å². The molecule has 0 spiro atoms. The molecule has 0 unspecified atom stereocenters. The summed E-state index contributed by atoms with van der Waals surface area (Å²) in [6, 6.07) is 12.1. The molecule has 1 N–H and O–H groups in total. The maximum atomic E-state index is 12.5. The van der Waals surface area contributed by atoms with Crippen LogP contribution in [0.3, 0.4) is 0 Å². The molecule has 34 heavy (non-hydrogen) atoms. The number of carboxylic acids is 1. The second kappa shape index (κ2) is 10.8. The van der Waals surface area contributed by atoms with E-state index in [-0.39, 0.29) is 18.0 Å². The Morgan fingerprint density at radius 3 is 2.62 bits per heavy atom. The van der Waals surface area contributed by atoms with Crippen molar-refractivity contribution in [3.63, 3.8) is 0 Å². The predicted molar refractivity (Wildman–Crippen MR) is 129 cm³/mol. The minimum atomic E-state index is -1.34. The Labute approximate surface area is 201 Å². The number of nitrogens with one attached hydrogen (secondary N) is 1. The first-order valence-corrected chi connectivity index (χ1v) is 12.4. The van der Waals surface area contributed by atoms with E-state index in [0.717, 1.165) is 36.0 Å². The summed E-state index contributed by atoms with van der Waals surface area (Å²) in [5, 5.41) is 14.7. The molecule has 178 valence electrons. The van der Waals surface area contributed by atoms with Crippen LogP contribution in [0.1, 0.15) is 35.1 Å². The second-order valence-electron chi connectivity index (χ2n) is 8.42. The maximum absolute atomic E-state index is 12.5. The van der Waals surface area contributed by atoms with Gasteiger partial charge in [-0.25, -0.2) is 4.79 Å². The summed E-state index contributed by atoms with van der Waals surface area (Å²) in [5.74, 6) is -0.644. The molecule has 4 rings (SSSR count). The summed E-state index contributed by atoms with van der Waals surface area (Å²) >= 11 is 1.40. The number of carbonyl (C=O) groups is 2. The second-order valence-corrected chi connectivity index (χ2v) is 9.45. The van der Waals surface area contributed by atoms with Gasteiger partial charge in [-0.15, -0.1) is 0 Å². The van der Waals surface area contributed by atoms with Crippen LogP contribution >= 0.6 is 11.8 Å². The van der Waals surface area contributed by atoms with E-state index < -0.39 is 17.9 Å². The number of amides is 1. The predicted octanol–water partition coefficient (Wildman–Crippen LogP) is 2.53. The molecule has 2 aromatic carbocycles. The smallest absolute Gasteiger partial charge is 0.339 e. The van der Waals surface area contributed by atoms with Gasteiger partial charge in [-0.05, 0) is 61.4 Å². The number of carboxylic acid groups (broad SMARTS) is 1. The van der Waals surface area contributed by atoms with Crippen LogP contribution in [0.4, 0.5) is 0 Å². The Hall–Kier alpha value is -3.26. The van der Waals surface area contributed by atoms with Crippen LogP contribution in [0, 0.1) is 6.92 Å². The van der Waals surface area contributed by atoms with Gasteiger partial charge in [0.1, 0.15) is 11.3 Å². The van der Waals surface area contributed by atoms with Gasteiger partial charge in [0, 0.05) is 17.1 Å². The standard InChI is InChI=1S/C26H27NO6S/c1-16-11-21(24-18-9-5-6-10-19(18)26(31)33-22(24)12-16)32-13-23(28)27-20(25(29)30)15-34-14-17-7-3-2-4-8-17/h2-4,7-8,11-12,20H,5-6,9-10,13-15H2,1H3,(H,27,28)(H,29,30)/p-1/t20-/m0/s1. The van der Waals surface area contributed by atoms with Crippen molar-refractivity contribution in [3.05, 3.63) is 75.1 Å². The number of hydrogen-bond acceptors (Lipinski definition) is 7. The lowest BCUT2D eigenvalue weighted by atomic mass is 9.90. The van der Waals surface area contributed by atoms with Crippen molar-refractivity contribution in [1.82, 2.24) is 5.32 Å². The third kappa shape index (κ3) is 5.62. The summed E-state index contributed by atoms with van der Waals surface area (Å²) in [5.41, 5.74) is 3.60. The highest BCUT2D eigenvalue weighted by Crippen LogP contribution is 2.34. The van der Waals surface area contributed by atoms with Crippen molar-refractivity contribution in [2.24, 2.45) is 0 Å². The number of carbonyl (C=O) groups excluding carboxylic acids is 2. The van der Waals surface area contributed by atoms with E-state index in [1.807, 2.05) is 37.3 Å². The molecular weight excluding hydrogens is 454 g/mol. The Bertz CT molecular complexity index is 1250. The van der Waals surface area contributed by atoms with Gasteiger partial charge in [-0.3, -0.25) is 4.79 Å². The highest BCUT2D eigenvalue weighted by Gasteiger charge is 2.22. The molecule has 0 bridgehead atoms. The van der Waals surface area contributed by atoms with Crippen LogP contribution in [0.5, 0.6) is 5.75 Å². The molecule has 1 aromatic heterocycles. The zero-order valence-electron chi connectivity index (χ0n) is 18.9. The lowest BCUT2D eigenvalue weighted by molar-refractivity contribution is -0.307. The van der Waals surface area contributed by atoms with Gasteiger partial charge in [0.05, 0.1) is 17.4 Å². The summed E-state index contributed by atoms with van der Waals surface area (Å²) in [6.07, 6.45) is 3.30. The minimum Gasteiger partial charge on any atom is -0.548 e. The Balaban J connectivity index is 1.44. The molecule has 0 aliphatic heterocycles. The van der Waals surface area contributed by atoms with Crippen LogP contribution < -0.4 is 20.8 Å². The topological polar surface area (TPSA) is 109 Å². The number of aryl methyl sites for hydroxylation is 2. The molecule has 3 aromatic rings. The molecule has 0 saturated heterocycles. The monoisotopic (exact) mass is 480 g/mol. The highest BCUT2D eigenvalue weighted by atomic mass is 32.2. The van der Waals surface area contributed by atoms with Gasteiger partial charge in [-0.1, -0.05) is 30.3 Å². The Morgan fingerprint density at radius 1 is 1.15 bits per heavy atom. The maximum Gasteiger partial charge on any atom is 0.339 e. The number of hydrogen-bond donors (Lipinski definition) is 1. The van der Waals surface area contributed by atoms with E-state index in [1.54, 1.807) is 12.1 Å². The first-order valence-electron chi connectivity index (χ1n) is 11.3. The number of aliphatic carboxylic acids is 1. The molecule has 1 aliphatic carbocycles. The summed E-state index contributed by atoms with van der Waals surface area (Å²) < 4.78 is 11.4. The quantitative estimate of drug-likeness (QED) is 0.469. The largest absolute Gasteiger partial charge is 0.548 e. The van der Waals surface area contributed by atoms with Crippen LogP contribution in [-0.4, -0.2) is 30.3 Å². The molecule has 1 amide bonds. The van der Waals surface area contributed by atoms with E-state index in [9.17, 15) is 19.5 Å². The van der Waals surface area contributed by atoms with Crippen LogP contribution in [0.15, 0.2) is 51.7 Å². The van der Waals surface area contributed by atoms with E-state index >= 15 is 0 Å². The zero-order chi connectivity index (χ0) is 24.1. The van der Waals surface area contributed by atoms with E-state index in [0.29, 0.717) is 34.5 Å². The van der Waals surface area contributed by atoms with Crippen molar-refractivity contribution >= 4 is 34.6 Å². The van der Waals surface area contributed by atoms with Gasteiger partial charge in [0.2, 0.25) is 0 Å². The summed E-state index contributed by atoms with van der Waals surface area (Å²) in [7, 11) is 0.